The lowest BCUT2D eigenvalue weighted by Crippen LogP contribution is -2.41. The lowest BCUT2D eigenvalue weighted by molar-refractivity contribution is 0.0846. The summed E-state index contributed by atoms with van der Waals surface area (Å²) in [5, 5.41) is 0. The molecule has 0 atom stereocenters. The van der Waals surface area contributed by atoms with E-state index < -0.39 is 0 Å². The van der Waals surface area contributed by atoms with Crippen LogP contribution in [0.25, 0.3) is 0 Å². The maximum absolute atomic E-state index is 12.2. The molecule has 6 nitrogen and oxygen atoms in total. The summed E-state index contributed by atoms with van der Waals surface area (Å²) in [5.74, 6) is -0.742. The average molecular weight is 355 g/mol. The van der Waals surface area contributed by atoms with E-state index in [1.807, 2.05) is 18.2 Å². The second-order valence-corrected chi connectivity index (χ2v) is 5.76. The molecule has 0 unspecified atom stereocenters. The summed E-state index contributed by atoms with van der Waals surface area (Å²) in [4.78, 5) is 26.6. The third-order valence-corrected chi connectivity index (χ3v) is 4.05. The quantitative estimate of drug-likeness (QED) is 0.749. The van der Waals surface area contributed by atoms with Gasteiger partial charge in [0.25, 0.3) is 11.8 Å². The first-order valence-corrected chi connectivity index (χ1v) is 8.62. The molecule has 2 rings (SSSR count). The van der Waals surface area contributed by atoms with E-state index in [4.69, 9.17) is 4.74 Å². The van der Waals surface area contributed by atoms with E-state index in [1.165, 1.54) is 0 Å². The maximum atomic E-state index is 12.2. The zero-order chi connectivity index (χ0) is 18.9. The number of amides is 2. The summed E-state index contributed by atoms with van der Waals surface area (Å²) in [6, 6.07) is 14.3. The zero-order valence-electron chi connectivity index (χ0n) is 15.4. The highest BCUT2D eigenvalue weighted by atomic mass is 16.5. The van der Waals surface area contributed by atoms with Gasteiger partial charge in [0.1, 0.15) is 0 Å². The maximum Gasteiger partial charge on any atom is 0.269 e. The van der Waals surface area contributed by atoms with Crippen molar-refractivity contribution in [3.63, 3.8) is 0 Å². The van der Waals surface area contributed by atoms with Crippen LogP contribution in [0.4, 0.5) is 5.69 Å². The number of hydrogen-bond acceptors (Lipinski definition) is 4. The number of benzene rings is 2. The van der Waals surface area contributed by atoms with E-state index in [1.54, 1.807) is 37.4 Å². The molecule has 0 aliphatic rings. The molecule has 6 heteroatoms. The molecular weight excluding hydrogens is 330 g/mol. The van der Waals surface area contributed by atoms with Crippen molar-refractivity contribution in [3.05, 3.63) is 65.2 Å². The van der Waals surface area contributed by atoms with E-state index >= 15 is 0 Å². The highest BCUT2D eigenvalue weighted by Crippen LogP contribution is 2.14. The van der Waals surface area contributed by atoms with Crippen LogP contribution in [0.5, 0.6) is 0 Å². The molecule has 26 heavy (non-hydrogen) atoms. The van der Waals surface area contributed by atoms with Gasteiger partial charge >= 0.3 is 0 Å². The lowest BCUT2D eigenvalue weighted by Gasteiger charge is -2.21. The largest absolute Gasteiger partial charge is 0.380 e. The molecule has 0 spiro atoms. The van der Waals surface area contributed by atoms with Gasteiger partial charge in [-0.1, -0.05) is 12.1 Å². The topological polar surface area (TPSA) is 70.7 Å². The van der Waals surface area contributed by atoms with Crippen molar-refractivity contribution in [2.75, 3.05) is 25.1 Å². The summed E-state index contributed by atoms with van der Waals surface area (Å²) in [6.45, 7) is 6.40. The number of ether oxygens (including phenoxy) is 1. The van der Waals surface area contributed by atoms with Crippen molar-refractivity contribution in [1.29, 1.82) is 0 Å². The molecule has 0 aromatic heterocycles. The van der Waals surface area contributed by atoms with Crippen molar-refractivity contribution in [1.82, 2.24) is 10.9 Å². The zero-order valence-corrected chi connectivity index (χ0v) is 15.4. The van der Waals surface area contributed by atoms with Gasteiger partial charge in [-0.25, -0.2) is 0 Å². The number of nitrogens with one attached hydrogen (secondary N) is 2. The van der Waals surface area contributed by atoms with E-state index in [0.29, 0.717) is 17.7 Å². The predicted octanol–water partition coefficient (Wildman–Crippen LogP) is 2.75. The van der Waals surface area contributed by atoms with Crippen molar-refractivity contribution < 1.29 is 14.3 Å². The number of hydrazine groups is 1. The van der Waals surface area contributed by atoms with E-state index in [0.717, 1.165) is 24.3 Å². The second kappa shape index (κ2) is 9.58. The number of carbonyl (C=O) groups excluding carboxylic acids is 2. The summed E-state index contributed by atoms with van der Waals surface area (Å²) >= 11 is 0. The molecule has 0 saturated carbocycles. The highest BCUT2D eigenvalue weighted by Gasteiger charge is 2.10. The number of rotatable bonds is 7. The molecular formula is C20H25N3O3. The molecule has 2 N–H and O–H groups in total. The van der Waals surface area contributed by atoms with Gasteiger partial charge in [0.05, 0.1) is 6.61 Å². The molecule has 0 fully saturated rings. The Kier molecular flexibility index (Phi) is 7.17. The molecule has 0 aliphatic carbocycles. The van der Waals surface area contributed by atoms with Crippen LogP contribution in [0.2, 0.25) is 0 Å². The molecule has 0 aliphatic heterocycles. The number of methoxy groups -OCH3 is 1. The molecule has 2 aromatic rings. The molecule has 138 valence electrons. The Morgan fingerprint density at radius 3 is 2.12 bits per heavy atom. The Morgan fingerprint density at radius 1 is 0.923 bits per heavy atom. The average Bonchev–Trinajstić information content (AvgIpc) is 2.68. The Bertz CT molecular complexity index is 740. The van der Waals surface area contributed by atoms with Crippen molar-refractivity contribution in [2.45, 2.75) is 20.5 Å². The minimum Gasteiger partial charge on any atom is -0.380 e. The van der Waals surface area contributed by atoms with Gasteiger partial charge in [0.2, 0.25) is 0 Å². The fourth-order valence-corrected chi connectivity index (χ4v) is 2.64. The van der Waals surface area contributed by atoms with Gasteiger partial charge in [-0.2, -0.15) is 0 Å². The van der Waals surface area contributed by atoms with Crippen LogP contribution in [-0.4, -0.2) is 32.0 Å². The normalized spacial score (nSPS) is 10.3. The summed E-state index contributed by atoms with van der Waals surface area (Å²) in [7, 11) is 1.60. The minimum atomic E-state index is -0.379. The van der Waals surface area contributed by atoms with Gasteiger partial charge < -0.3 is 9.64 Å². The van der Waals surface area contributed by atoms with Crippen LogP contribution in [-0.2, 0) is 11.3 Å². The van der Waals surface area contributed by atoms with Crippen molar-refractivity contribution in [3.8, 4) is 0 Å². The molecule has 2 amide bonds. The van der Waals surface area contributed by atoms with Crippen LogP contribution in [0, 0.1) is 0 Å². The SMILES string of the molecule is CCN(CC)c1ccc(C(=O)NNC(=O)c2cccc(COC)c2)cc1. The number of anilines is 1. The fraction of sp³-hybridized carbons (Fsp3) is 0.300. The van der Waals surface area contributed by atoms with Crippen LogP contribution in [0.1, 0.15) is 40.1 Å². The Labute approximate surface area is 154 Å². The fourth-order valence-electron chi connectivity index (χ4n) is 2.64. The first kappa shape index (κ1) is 19.5. The summed E-state index contributed by atoms with van der Waals surface area (Å²) in [6.07, 6.45) is 0. The van der Waals surface area contributed by atoms with Gasteiger partial charge in [-0.3, -0.25) is 20.4 Å². The third-order valence-electron chi connectivity index (χ3n) is 4.05. The van der Waals surface area contributed by atoms with Gasteiger partial charge in [-0.15, -0.1) is 0 Å². The Balaban J connectivity index is 1.95. The third kappa shape index (κ3) is 5.07. The number of carbonyl (C=O) groups is 2. The van der Waals surface area contributed by atoms with Crippen LogP contribution >= 0.6 is 0 Å². The number of nitrogens with zero attached hydrogens (tertiary/aromatic N) is 1. The molecule has 0 saturated heterocycles. The molecule has 2 aromatic carbocycles. The molecule has 0 bridgehead atoms. The van der Waals surface area contributed by atoms with Crippen LogP contribution < -0.4 is 15.8 Å². The van der Waals surface area contributed by atoms with Gasteiger partial charge in [-0.05, 0) is 55.8 Å². The minimum absolute atomic E-state index is 0.363. The Morgan fingerprint density at radius 2 is 1.54 bits per heavy atom. The highest BCUT2D eigenvalue weighted by molar-refractivity contribution is 5.99. The second-order valence-electron chi connectivity index (χ2n) is 5.76. The van der Waals surface area contributed by atoms with E-state index in [9.17, 15) is 9.59 Å². The lowest BCUT2D eigenvalue weighted by atomic mass is 10.1. The smallest absolute Gasteiger partial charge is 0.269 e. The van der Waals surface area contributed by atoms with Crippen LogP contribution in [0.3, 0.4) is 0 Å². The van der Waals surface area contributed by atoms with Gasteiger partial charge in [0.15, 0.2) is 0 Å². The predicted molar refractivity (Wildman–Crippen MR) is 102 cm³/mol. The van der Waals surface area contributed by atoms with Crippen molar-refractivity contribution >= 4 is 17.5 Å². The Hall–Kier alpha value is -2.86. The monoisotopic (exact) mass is 355 g/mol. The van der Waals surface area contributed by atoms with Gasteiger partial charge in [0, 0.05) is 37.0 Å². The van der Waals surface area contributed by atoms with Crippen LogP contribution in [0.15, 0.2) is 48.5 Å². The van der Waals surface area contributed by atoms with E-state index in [-0.39, 0.29) is 11.8 Å². The number of hydrogen-bond donors (Lipinski definition) is 2. The summed E-state index contributed by atoms with van der Waals surface area (Å²) in [5.41, 5.74) is 7.76. The van der Waals surface area contributed by atoms with E-state index in [2.05, 4.69) is 29.6 Å². The first-order chi connectivity index (χ1) is 12.6. The summed E-state index contributed by atoms with van der Waals surface area (Å²) < 4.78 is 5.06. The standard InChI is InChI=1S/C20H25N3O3/c1-4-23(5-2)18-11-9-16(10-12-18)19(24)21-22-20(25)17-8-6-7-15(13-17)14-26-3/h6-13H,4-5,14H2,1-3H3,(H,21,24)(H,22,25). The van der Waals surface area contributed by atoms with Crippen molar-refractivity contribution in [2.24, 2.45) is 0 Å². The molecule has 0 radical (unpaired) electrons. The molecule has 0 heterocycles. The first-order valence-electron chi connectivity index (χ1n) is 8.62.